The average molecular weight is 511 g/mol. The topological polar surface area (TPSA) is 96.8 Å². The Labute approximate surface area is 209 Å². The van der Waals surface area contributed by atoms with Crippen LogP contribution >= 0.6 is 11.3 Å². The van der Waals surface area contributed by atoms with Gasteiger partial charge in [0.1, 0.15) is 28.9 Å². The fourth-order valence-corrected chi connectivity index (χ4v) is 4.78. The standard InChI is InChI=1S/C26H20F2N2O5S/c1-4-10-35-25(34)23-14(3)29-26(36-23)30-20(15-6-5-7-17(27)11-15)19(22(32)24(30)33)21(31)16-9-8-13(2)18(28)12-16/h4-9,11-12,20,31H,1,10H2,2-3H3/t20-/m0/s1. The Morgan fingerprint density at radius 3 is 2.64 bits per heavy atom. The zero-order valence-electron chi connectivity index (χ0n) is 19.2. The van der Waals surface area contributed by atoms with Crippen LogP contribution in [0.1, 0.15) is 38.1 Å². The van der Waals surface area contributed by atoms with Crippen molar-refractivity contribution in [2.24, 2.45) is 0 Å². The molecular weight excluding hydrogens is 490 g/mol. The molecule has 0 unspecified atom stereocenters. The van der Waals surface area contributed by atoms with Gasteiger partial charge in [0.25, 0.3) is 5.78 Å². The lowest BCUT2D eigenvalue weighted by atomic mass is 9.95. The molecule has 1 aromatic heterocycles. The molecule has 0 aliphatic carbocycles. The Bertz CT molecular complexity index is 1450. The molecular formula is C26H20F2N2O5S. The van der Waals surface area contributed by atoms with Gasteiger partial charge < -0.3 is 9.84 Å². The van der Waals surface area contributed by atoms with E-state index in [-0.39, 0.29) is 39.0 Å². The first-order valence-electron chi connectivity index (χ1n) is 10.7. The van der Waals surface area contributed by atoms with Gasteiger partial charge in [0, 0.05) is 5.56 Å². The van der Waals surface area contributed by atoms with Gasteiger partial charge in [0.15, 0.2) is 5.13 Å². The van der Waals surface area contributed by atoms with Crippen LogP contribution in [0.3, 0.4) is 0 Å². The van der Waals surface area contributed by atoms with Gasteiger partial charge in [-0.25, -0.2) is 18.6 Å². The highest BCUT2D eigenvalue weighted by Gasteiger charge is 2.48. The Morgan fingerprint density at radius 2 is 1.97 bits per heavy atom. The summed E-state index contributed by atoms with van der Waals surface area (Å²) in [5.41, 5.74) is 0.360. The van der Waals surface area contributed by atoms with Gasteiger partial charge in [-0.2, -0.15) is 0 Å². The van der Waals surface area contributed by atoms with Crippen molar-refractivity contribution in [1.29, 1.82) is 0 Å². The van der Waals surface area contributed by atoms with Crippen LogP contribution in [0.25, 0.3) is 5.76 Å². The number of rotatable bonds is 6. The summed E-state index contributed by atoms with van der Waals surface area (Å²) in [6.07, 6.45) is 1.39. The highest BCUT2D eigenvalue weighted by Crippen LogP contribution is 2.44. The van der Waals surface area contributed by atoms with Crippen molar-refractivity contribution in [3.8, 4) is 0 Å². The first-order valence-corrected chi connectivity index (χ1v) is 11.5. The van der Waals surface area contributed by atoms with E-state index in [1.807, 2.05) is 0 Å². The Balaban J connectivity index is 1.90. The molecule has 0 spiro atoms. The maximum absolute atomic E-state index is 14.2. The van der Waals surface area contributed by atoms with Crippen LogP contribution in [-0.2, 0) is 14.3 Å². The van der Waals surface area contributed by atoms with Crippen molar-refractivity contribution in [3.05, 3.63) is 99.6 Å². The number of ether oxygens (including phenoxy) is 1. The number of Topliss-reactive ketones (excluding diaryl/α,β-unsaturated/α-hetero) is 1. The quantitative estimate of drug-likeness (QED) is 0.165. The molecule has 3 aromatic rings. The maximum Gasteiger partial charge on any atom is 0.350 e. The lowest BCUT2D eigenvalue weighted by Crippen LogP contribution is -2.29. The minimum absolute atomic E-state index is 0.0245. The first kappa shape index (κ1) is 24.9. The number of hydrogen-bond donors (Lipinski definition) is 1. The Hall–Kier alpha value is -4.18. The van der Waals surface area contributed by atoms with Crippen molar-refractivity contribution in [2.45, 2.75) is 19.9 Å². The van der Waals surface area contributed by atoms with Crippen molar-refractivity contribution < 1.29 is 33.0 Å². The summed E-state index contributed by atoms with van der Waals surface area (Å²) in [5, 5.41) is 11.0. The molecule has 36 heavy (non-hydrogen) atoms. The summed E-state index contributed by atoms with van der Waals surface area (Å²) in [5.74, 6) is -4.67. The molecule has 0 saturated carbocycles. The van der Waals surface area contributed by atoms with Crippen LogP contribution in [-0.4, -0.2) is 34.4 Å². The second-order valence-corrected chi connectivity index (χ2v) is 8.96. The molecule has 7 nitrogen and oxygen atoms in total. The summed E-state index contributed by atoms with van der Waals surface area (Å²) in [6, 6.07) is 7.76. The third kappa shape index (κ3) is 4.42. The number of anilines is 1. The number of aromatic nitrogens is 1. The number of hydrogen-bond acceptors (Lipinski definition) is 7. The summed E-state index contributed by atoms with van der Waals surface area (Å²) >= 11 is 0.813. The molecule has 0 bridgehead atoms. The summed E-state index contributed by atoms with van der Waals surface area (Å²) in [6.45, 7) is 6.52. The smallest absolute Gasteiger partial charge is 0.350 e. The lowest BCUT2D eigenvalue weighted by molar-refractivity contribution is -0.132. The number of aryl methyl sites for hydroxylation is 2. The molecule has 1 saturated heterocycles. The molecule has 2 heterocycles. The number of esters is 1. The maximum atomic E-state index is 14.2. The van der Waals surface area contributed by atoms with Gasteiger partial charge in [-0.1, -0.05) is 48.3 Å². The van der Waals surface area contributed by atoms with Gasteiger partial charge in [0.2, 0.25) is 0 Å². The van der Waals surface area contributed by atoms with Gasteiger partial charge in [-0.3, -0.25) is 14.5 Å². The van der Waals surface area contributed by atoms with Crippen LogP contribution in [0.2, 0.25) is 0 Å². The zero-order chi connectivity index (χ0) is 26.1. The van der Waals surface area contributed by atoms with E-state index in [4.69, 9.17) is 4.74 Å². The molecule has 1 N–H and O–H groups in total. The van der Waals surface area contributed by atoms with E-state index in [1.165, 1.54) is 50.3 Å². The minimum Gasteiger partial charge on any atom is -0.507 e. The second-order valence-electron chi connectivity index (χ2n) is 7.99. The zero-order valence-corrected chi connectivity index (χ0v) is 20.1. The second kappa shape index (κ2) is 9.82. The van der Waals surface area contributed by atoms with Gasteiger partial charge in [0.05, 0.1) is 17.3 Å². The molecule has 1 aliphatic rings. The van der Waals surface area contributed by atoms with Crippen molar-refractivity contribution in [2.75, 3.05) is 11.5 Å². The van der Waals surface area contributed by atoms with E-state index in [9.17, 15) is 28.3 Å². The summed E-state index contributed by atoms with van der Waals surface area (Å²) in [4.78, 5) is 44.2. The number of ketones is 1. The van der Waals surface area contributed by atoms with Crippen LogP contribution in [0.5, 0.6) is 0 Å². The Kier molecular flexibility index (Phi) is 6.80. The van der Waals surface area contributed by atoms with Crippen LogP contribution < -0.4 is 4.90 Å². The number of aliphatic hydroxyl groups excluding tert-OH is 1. The fourth-order valence-electron chi connectivity index (χ4n) is 3.79. The van der Waals surface area contributed by atoms with Crippen LogP contribution in [0, 0.1) is 25.5 Å². The van der Waals surface area contributed by atoms with Crippen LogP contribution in [0.4, 0.5) is 13.9 Å². The summed E-state index contributed by atoms with van der Waals surface area (Å²) < 4.78 is 33.5. The number of carbonyl (C=O) groups is 3. The molecule has 1 atom stereocenters. The molecule has 4 rings (SSSR count). The number of carbonyl (C=O) groups excluding carboxylic acids is 3. The van der Waals surface area contributed by atoms with Crippen molar-refractivity contribution in [3.63, 3.8) is 0 Å². The normalized spacial score (nSPS) is 16.9. The molecule has 2 aromatic carbocycles. The monoisotopic (exact) mass is 510 g/mol. The van der Waals surface area contributed by atoms with Crippen LogP contribution in [0.15, 0.2) is 60.7 Å². The number of amides is 1. The number of benzene rings is 2. The number of aliphatic hydroxyl groups is 1. The first-order chi connectivity index (χ1) is 17.1. The predicted octanol–water partition coefficient (Wildman–Crippen LogP) is 5.01. The predicted molar refractivity (Wildman–Crippen MR) is 130 cm³/mol. The van der Waals surface area contributed by atoms with E-state index in [1.54, 1.807) is 0 Å². The lowest BCUT2D eigenvalue weighted by Gasteiger charge is -2.23. The van der Waals surface area contributed by atoms with Crippen molar-refractivity contribution >= 4 is 39.9 Å². The molecule has 1 aliphatic heterocycles. The number of halogens is 2. The van der Waals surface area contributed by atoms with E-state index >= 15 is 0 Å². The highest BCUT2D eigenvalue weighted by molar-refractivity contribution is 7.17. The van der Waals surface area contributed by atoms with Gasteiger partial charge in [-0.15, -0.1) is 0 Å². The number of thiazole rings is 1. The molecule has 1 fully saturated rings. The number of nitrogens with zero attached hydrogens (tertiary/aromatic N) is 2. The van der Waals surface area contributed by atoms with E-state index in [0.29, 0.717) is 5.56 Å². The fraction of sp³-hybridized carbons (Fsp3) is 0.154. The molecule has 0 radical (unpaired) electrons. The van der Waals surface area contributed by atoms with E-state index in [0.717, 1.165) is 28.4 Å². The average Bonchev–Trinajstić information content (AvgIpc) is 3.35. The SMILES string of the molecule is C=CCOC(=O)c1sc(N2C(=O)C(=O)C(=C(O)c3ccc(C)c(F)c3)[C@@H]2c2cccc(F)c2)nc1C. The largest absolute Gasteiger partial charge is 0.507 e. The summed E-state index contributed by atoms with van der Waals surface area (Å²) in [7, 11) is 0. The molecule has 184 valence electrons. The van der Waals surface area contributed by atoms with E-state index in [2.05, 4.69) is 11.6 Å². The third-order valence-corrected chi connectivity index (χ3v) is 6.70. The minimum atomic E-state index is -1.28. The third-order valence-electron chi connectivity index (χ3n) is 5.56. The molecule has 10 heteroatoms. The van der Waals surface area contributed by atoms with Gasteiger partial charge in [-0.05, 0) is 43.2 Å². The van der Waals surface area contributed by atoms with Gasteiger partial charge >= 0.3 is 11.9 Å². The Morgan fingerprint density at radius 1 is 1.22 bits per heavy atom. The molecule has 1 amide bonds. The van der Waals surface area contributed by atoms with E-state index < -0.39 is 41.1 Å². The van der Waals surface area contributed by atoms with Crippen molar-refractivity contribution in [1.82, 2.24) is 4.98 Å². The highest BCUT2D eigenvalue weighted by atomic mass is 32.1.